The van der Waals surface area contributed by atoms with Gasteiger partial charge in [0.05, 0.1) is 0 Å². The number of hydrogen-bond acceptors (Lipinski definition) is 4. The Bertz CT molecular complexity index is 603. The second-order valence-electron chi connectivity index (χ2n) is 5.97. The summed E-state index contributed by atoms with van der Waals surface area (Å²) >= 11 is 0. The molecular formula is C16H19FN2O3. The van der Waals surface area contributed by atoms with Crippen LogP contribution in [0.5, 0.6) is 5.75 Å². The number of imidazole rings is 1. The van der Waals surface area contributed by atoms with E-state index in [9.17, 15) is 9.18 Å². The first-order valence-electron chi connectivity index (χ1n) is 6.93. The van der Waals surface area contributed by atoms with Gasteiger partial charge in [0.1, 0.15) is 30.6 Å². The maximum Gasteiger partial charge on any atom is 0.419 e. The van der Waals surface area contributed by atoms with E-state index in [0.29, 0.717) is 5.75 Å². The Balaban J connectivity index is 2.00. The van der Waals surface area contributed by atoms with Gasteiger partial charge in [0.2, 0.25) is 0 Å². The molecule has 0 bridgehead atoms. The molecule has 0 aliphatic carbocycles. The minimum atomic E-state index is -0.514. The highest BCUT2D eigenvalue weighted by molar-refractivity contribution is 5.70. The lowest BCUT2D eigenvalue weighted by Gasteiger charge is -2.30. The summed E-state index contributed by atoms with van der Waals surface area (Å²) in [6.45, 7) is 6.03. The van der Waals surface area contributed by atoms with Gasteiger partial charge >= 0.3 is 6.09 Å². The van der Waals surface area contributed by atoms with Crippen LogP contribution < -0.4 is 4.74 Å². The van der Waals surface area contributed by atoms with E-state index >= 15 is 0 Å². The monoisotopic (exact) mass is 306 g/mol. The van der Waals surface area contributed by atoms with Gasteiger partial charge in [0.25, 0.3) is 0 Å². The van der Waals surface area contributed by atoms with Crippen LogP contribution in [0.15, 0.2) is 43.0 Å². The van der Waals surface area contributed by atoms with Gasteiger partial charge in [-0.15, -0.1) is 0 Å². The van der Waals surface area contributed by atoms with Crippen LogP contribution in [0, 0.1) is 11.2 Å². The number of aromatic nitrogens is 2. The fourth-order valence-electron chi connectivity index (χ4n) is 1.71. The Morgan fingerprint density at radius 1 is 1.32 bits per heavy atom. The highest BCUT2D eigenvalue weighted by atomic mass is 19.1. The lowest BCUT2D eigenvalue weighted by molar-refractivity contribution is 0.00208. The van der Waals surface area contributed by atoms with Crippen molar-refractivity contribution in [3.63, 3.8) is 0 Å². The smallest absolute Gasteiger partial charge is 0.419 e. The number of benzene rings is 1. The molecule has 1 atom stereocenters. The molecule has 0 aliphatic heterocycles. The number of rotatable bonds is 4. The summed E-state index contributed by atoms with van der Waals surface area (Å²) in [5.74, 6) is 0.195. The predicted molar refractivity (Wildman–Crippen MR) is 79.2 cm³/mol. The van der Waals surface area contributed by atoms with E-state index in [0.717, 1.165) is 0 Å². The Morgan fingerprint density at radius 3 is 2.55 bits per heavy atom. The fraction of sp³-hybridized carbons (Fsp3) is 0.375. The zero-order chi connectivity index (χ0) is 16.2. The molecule has 0 radical (unpaired) electrons. The molecule has 6 heteroatoms. The Hall–Kier alpha value is -2.37. The topological polar surface area (TPSA) is 53.4 Å². The average molecular weight is 306 g/mol. The van der Waals surface area contributed by atoms with Crippen LogP contribution in [0.3, 0.4) is 0 Å². The lowest BCUT2D eigenvalue weighted by atomic mass is 9.89. The van der Waals surface area contributed by atoms with Gasteiger partial charge in [-0.1, -0.05) is 20.8 Å². The molecule has 118 valence electrons. The quantitative estimate of drug-likeness (QED) is 0.867. The third-order valence-corrected chi connectivity index (χ3v) is 3.14. The third kappa shape index (κ3) is 4.31. The minimum Gasteiger partial charge on any atom is -0.490 e. The van der Waals surface area contributed by atoms with Crippen LogP contribution in [-0.4, -0.2) is 28.4 Å². The van der Waals surface area contributed by atoms with Crippen molar-refractivity contribution in [2.75, 3.05) is 6.61 Å². The number of halogens is 1. The average Bonchev–Trinajstić information content (AvgIpc) is 2.98. The van der Waals surface area contributed by atoms with Gasteiger partial charge in [-0.2, -0.15) is 0 Å². The Kier molecular flexibility index (Phi) is 4.80. The molecule has 0 N–H and O–H groups in total. The first-order chi connectivity index (χ1) is 10.4. The second-order valence-corrected chi connectivity index (χ2v) is 5.97. The number of nitrogens with zero attached hydrogens (tertiary/aromatic N) is 2. The number of ether oxygens (including phenoxy) is 2. The van der Waals surface area contributed by atoms with Crippen LogP contribution in [0.1, 0.15) is 20.8 Å². The maximum atomic E-state index is 12.9. The van der Waals surface area contributed by atoms with E-state index in [1.165, 1.54) is 47.6 Å². The molecule has 0 saturated heterocycles. The van der Waals surface area contributed by atoms with E-state index in [1.54, 1.807) is 0 Å². The molecule has 2 rings (SSSR count). The van der Waals surface area contributed by atoms with Crippen LogP contribution in [0.2, 0.25) is 0 Å². The summed E-state index contributed by atoms with van der Waals surface area (Å²) < 4.78 is 25.2. The van der Waals surface area contributed by atoms with Crippen molar-refractivity contribution in [1.82, 2.24) is 9.55 Å². The van der Waals surface area contributed by atoms with Crippen LogP contribution >= 0.6 is 0 Å². The molecule has 0 saturated carbocycles. The summed E-state index contributed by atoms with van der Waals surface area (Å²) in [4.78, 5) is 15.8. The van der Waals surface area contributed by atoms with Crippen molar-refractivity contribution in [1.29, 1.82) is 0 Å². The third-order valence-electron chi connectivity index (χ3n) is 3.14. The summed E-state index contributed by atoms with van der Waals surface area (Å²) in [7, 11) is 0. The largest absolute Gasteiger partial charge is 0.490 e. The molecule has 0 aliphatic rings. The van der Waals surface area contributed by atoms with Gasteiger partial charge in [-0.05, 0) is 24.3 Å². The van der Waals surface area contributed by atoms with Crippen molar-refractivity contribution < 1.29 is 18.7 Å². The van der Waals surface area contributed by atoms with Crippen LogP contribution in [0.25, 0.3) is 0 Å². The van der Waals surface area contributed by atoms with Gasteiger partial charge in [0, 0.05) is 17.8 Å². The molecule has 1 aromatic carbocycles. The SMILES string of the molecule is CC(C)(C)C(COc1ccc(F)cc1)OC(=O)n1ccnc1. The molecule has 22 heavy (non-hydrogen) atoms. The van der Waals surface area contributed by atoms with E-state index in [2.05, 4.69) is 4.98 Å². The predicted octanol–water partition coefficient (Wildman–Crippen LogP) is 3.50. The van der Waals surface area contributed by atoms with Crippen molar-refractivity contribution in [3.05, 3.63) is 48.8 Å². The normalized spacial score (nSPS) is 12.7. The molecule has 1 unspecified atom stereocenters. The van der Waals surface area contributed by atoms with E-state index < -0.39 is 12.2 Å². The number of carbonyl (C=O) groups is 1. The molecular weight excluding hydrogens is 287 g/mol. The molecule has 0 fully saturated rings. The number of hydrogen-bond donors (Lipinski definition) is 0. The molecule has 1 heterocycles. The summed E-state index contributed by atoms with van der Waals surface area (Å²) in [6.07, 6.45) is 3.42. The molecule has 1 aromatic heterocycles. The minimum absolute atomic E-state index is 0.176. The summed E-state index contributed by atoms with van der Waals surface area (Å²) in [5.41, 5.74) is -0.309. The molecule has 2 aromatic rings. The molecule has 0 spiro atoms. The van der Waals surface area contributed by atoms with E-state index in [1.807, 2.05) is 20.8 Å². The van der Waals surface area contributed by atoms with Crippen molar-refractivity contribution in [3.8, 4) is 5.75 Å². The first kappa shape index (κ1) is 16.0. The van der Waals surface area contributed by atoms with Crippen LogP contribution in [-0.2, 0) is 4.74 Å². The fourth-order valence-corrected chi connectivity index (χ4v) is 1.71. The first-order valence-corrected chi connectivity index (χ1v) is 6.93. The van der Waals surface area contributed by atoms with Gasteiger partial charge < -0.3 is 9.47 Å². The van der Waals surface area contributed by atoms with Crippen LogP contribution in [0.4, 0.5) is 9.18 Å². The second kappa shape index (κ2) is 6.60. The standard InChI is InChI=1S/C16H19FN2O3/c1-16(2,3)14(22-15(20)19-9-8-18-11-19)10-21-13-6-4-12(17)5-7-13/h4-9,11,14H,10H2,1-3H3. The van der Waals surface area contributed by atoms with Crippen molar-refractivity contribution in [2.24, 2.45) is 5.41 Å². The molecule has 5 nitrogen and oxygen atoms in total. The number of carbonyl (C=O) groups excluding carboxylic acids is 1. The lowest BCUT2D eigenvalue weighted by Crippen LogP contribution is -2.37. The van der Waals surface area contributed by atoms with Crippen molar-refractivity contribution >= 4 is 6.09 Å². The summed E-state index contributed by atoms with van der Waals surface area (Å²) in [5, 5.41) is 0. The Labute approximate surface area is 128 Å². The van der Waals surface area contributed by atoms with Gasteiger partial charge in [-0.3, -0.25) is 0 Å². The highest BCUT2D eigenvalue weighted by Crippen LogP contribution is 2.24. The highest BCUT2D eigenvalue weighted by Gasteiger charge is 2.29. The van der Waals surface area contributed by atoms with Gasteiger partial charge in [-0.25, -0.2) is 18.7 Å². The van der Waals surface area contributed by atoms with Crippen molar-refractivity contribution in [2.45, 2.75) is 26.9 Å². The Morgan fingerprint density at radius 2 is 2.00 bits per heavy atom. The summed E-state index contributed by atoms with van der Waals surface area (Å²) in [6, 6.07) is 5.71. The van der Waals surface area contributed by atoms with Gasteiger partial charge in [0.15, 0.2) is 0 Å². The zero-order valence-electron chi connectivity index (χ0n) is 12.8. The maximum absolute atomic E-state index is 12.9. The van der Waals surface area contributed by atoms with E-state index in [4.69, 9.17) is 9.47 Å². The van der Waals surface area contributed by atoms with E-state index in [-0.39, 0.29) is 17.8 Å². The zero-order valence-corrected chi connectivity index (χ0v) is 12.8. The molecule has 0 amide bonds.